The van der Waals surface area contributed by atoms with Gasteiger partial charge in [0.1, 0.15) is 0 Å². The number of nitrogens with zero attached hydrogens (tertiary/aromatic N) is 1. The van der Waals surface area contributed by atoms with Gasteiger partial charge in [0.15, 0.2) is 0 Å². The molecule has 0 fully saturated rings. The summed E-state index contributed by atoms with van der Waals surface area (Å²) in [6.45, 7) is 1.63. The number of rotatable bonds is 3. The van der Waals surface area contributed by atoms with E-state index in [9.17, 15) is 19.7 Å². The molecule has 2 N–H and O–H groups in total. The molecule has 0 saturated heterocycles. The lowest BCUT2D eigenvalue weighted by Crippen LogP contribution is -2.30. The highest BCUT2D eigenvalue weighted by Gasteiger charge is 2.30. The van der Waals surface area contributed by atoms with Gasteiger partial charge < -0.3 is 10.6 Å². The maximum atomic E-state index is 12.6. The molecule has 2 aromatic carbocycles. The molecular weight excluding hydrogens is 310 g/mol. The van der Waals surface area contributed by atoms with Crippen molar-refractivity contribution in [3.63, 3.8) is 0 Å². The number of benzene rings is 2. The molecule has 3 rings (SSSR count). The summed E-state index contributed by atoms with van der Waals surface area (Å²) >= 11 is 0. The molecular formula is C17H15N3O4. The van der Waals surface area contributed by atoms with E-state index in [1.807, 2.05) is 0 Å². The second-order valence-corrected chi connectivity index (χ2v) is 5.64. The van der Waals surface area contributed by atoms with E-state index < -0.39 is 10.8 Å². The number of fused-ring (bicyclic) bond motifs is 1. The standard InChI is InChI=1S/C17H15N3O4/c1-10-6-7-11(8-15(10)20(23)24)18-17(22)13-9-16(21)19-14-5-3-2-4-12(13)14/h2-8,13H,9H2,1H3,(H,18,22)(H,19,21). The first kappa shape index (κ1) is 15.7. The third-order valence-corrected chi connectivity index (χ3v) is 3.99. The fourth-order valence-electron chi connectivity index (χ4n) is 2.76. The van der Waals surface area contributed by atoms with Crippen LogP contribution in [-0.4, -0.2) is 16.7 Å². The summed E-state index contributed by atoms with van der Waals surface area (Å²) in [4.78, 5) is 34.9. The zero-order valence-electron chi connectivity index (χ0n) is 12.9. The van der Waals surface area contributed by atoms with E-state index >= 15 is 0 Å². The van der Waals surface area contributed by atoms with Gasteiger partial charge in [0.05, 0.1) is 10.8 Å². The normalized spacial score (nSPS) is 16.0. The van der Waals surface area contributed by atoms with Crippen LogP contribution >= 0.6 is 0 Å². The van der Waals surface area contributed by atoms with Crippen molar-refractivity contribution in [3.8, 4) is 0 Å². The van der Waals surface area contributed by atoms with Crippen LogP contribution in [-0.2, 0) is 9.59 Å². The zero-order chi connectivity index (χ0) is 17.3. The Kier molecular flexibility index (Phi) is 3.99. The van der Waals surface area contributed by atoms with Crippen molar-refractivity contribution < 1.29 is 14.5 Å². The van der Waals surface area contributed by atoms with Crippen molar-refractivity contribution in [2.24, 2.45) is 0 Å². The molecule has 7 heteroatoms. The number of para-hydroxylation sites is 1. The number of anilines is 2. The van der Waals surface area contributed by atoms with Crippen molar-refractivity contribution in [2.75, 3.05) is 10.6 Å². The van der Waals surface area contributed by atoms with E-state index in [1.54, 1.807) is 43.3 Å². The molecule has 2 amide bonds. The van der Waals surface area contributed by atoms with Gasteiger partial charge in [-0.3, -0.25) is 19.7 Å². The molecule has 1 atom stereocenters. The van der Waals surface area contributed by atoms with Crippen molar-refractivity contribution >= 4 is 28.9 Å². The van der Waals surface area contributed by atoms with Crippen LogP contribution in [0.15, 0.2) is 42.5 Å². The summed E-state index contributed by atoms with van der Waals surface area (Å²) in [6.07, 6.45) is 0.0385. The van der Waals surface area contributed by atoms with Crippen LogP contribution in [0, 0.1) is 17.0 Å². The van der Waals surface area contributed by atoms with Crippen molar-refractivity contribution in [3.05, 3.63) is 63.7 Å². The predicted molar refractivity (Wildman–Crippen MR) is 88.9 cm³/mol. The van der Waals surface area contributed by atoms with Crippen LogP contribution in [0.5, 0.6) is 0 Å². The van der Waals surface area contributed by atoms with Crippen molar-refractivity contribution in [1.29, 1.82) is 0 Å². The number of hydrogen-bond acceptors (Lipinski definition) is 4. The lowest BCUT2D eigenvalue weighted by Gasteiger charge is -2.24. The smallest absolute Gasteiger partial charge is 0.274 e. The molecule has 0 radical (unpaired) electrons. The topological polar surface area (TPSA) is 101 Å². The minimum absolute atomic E-state index is 0.0385. The van der Waals surface area contributed by atoms with E-state index in [1.165, 1.54) is 6.07 Å². The molecule has 1 heterocycles. The maximum absolute atomic E-state index is 12.6. The van der Waals surface area contributed by atoms with Crippen LogP contribution < -0.4 is 10.6 Å². The monoisotopic (exact) mass is 325 g/mol. The van der Waals surface area contributed by atoms with Gasteiger partial charge in [0.2, 0.25) is 11.8 Å². The second kappa shape index (κ2) is 6.11. The molecule has 0 aliphatic carbocycles. The summed E-state index contributed by atoms with van der Waals surface area (Å²) in [5.41, 5.74) is 2.13. The van der Waals surface area contributed by atoms with E-state index in [0.717, 1.165) is 5.56 Å². The van der Waals surface area contributed by atoms with Crippen LogP contribution in [0.2, 0.25) is 0 Å². The average Bonchev–Trinajstić information content (AvgIpc) is 2.55. The Morgan fingerprint density at radius 3 is 2.79 bits per heavy atom. The minimum atomic E-state index is -0.629. The fourth-order valence-corrected chi connectivity index (χ4v) is 2.76. The van der Waals surface area contributed by atoms with E-state index in [0.29, 0.717) is 16.9 Å². The molecule has 1 unspecified atom stereocenters. The first-order chi connectivity index (χ1) is 11.5. The van der Waals surface area contributed by atoms with Gasteiger partial charge in [-0.25, -0.2) is 0 Å². The summed E-state index contributed by atoms with van der Waals surface area (Å²) in [6, 6.07) is 11.6. The highest BCUT2D eigenvalue weighted by atomic mass is 16.6. The first-order valence-electron chi connectivity index (χ1n) is 7.40. The average molecular weight is 325 g/mol. The Hall–Kier alpha value is -3.22. The van der Waals surface area contributed by atoms with Crippen molar-refractivity contribution in [2.45, 2.75) is 19.3 Å². The molecule has 24 heavy (non-hydrogen) atoms. The summed E-state index contributed by atoms with van der Waals surface area (Å²) < 4.78 is 0. The van der Waals surface area contributed by atoms with E-state index in [-0.39, 0.29) is 23.9 Å². The number of carbonyl (C=O) groups excluding carboxylic acids is 2. The predicted octanol–water partition coefficient (Wildman–Crippen LogP) is 2.97. The lowest BCUT2D eigenvalue weighted by atomic mass is 9.90. The van der Waals surface area contributed by atoms with Crippen LogP contribution in [0.3, 0.4) is 0 Å². The molecule has 122 valence electrons. The molecule has 0 bridgehead atoms. The number of nitro groups is 1. The van der Waals surface area contributed by atoms with Crippen LogP contribution in [0.4, 0.5) is 17.1 Å². The lowest BCUT2D eigenvalue weighted by molar-refractivity contribution is -0.385. The number of amides is 2. The minimum Gasteiger partial charge on any atom is -0.326 e. The number of hydrogen-bond donors (Lipinski definition) is 2. The molecule has 2 aromatic rings. The Labute approximate surface area is 137 Å². The van der Waals surface area contributed by atoms with Crippen LogP contribution in [0.25, 0.3) is 0 Å². The largest absolute Gasteiger partial charge is 0.326 e. The van der Waals surface area contributed by atoms with Gasteiger partial charge in [0, 0.05) is 29.4 Å². The molecule has 0 aromatic heterocycles. The Bertz CT molecular complexity index is 847. The fraction of sp³-hybridized carbons (Fsp3) is 0.176. The number of aryl methyl sites for hydroxylation is 1. The third kappa shape index (κ3) is 2.96. The Morgan fingerprint density at radius 1 is 1.29 bits per heavy atom. The summed E-state index contributed by atoms with van der Waals surface area (Å²) in [5.74, 6) is -1.23. The van der Waals surface area contributed by atoms with E-state index in [4.69, 9.17) is 0 Å². The van der Waals surface area contributed by atoms with Gasteiger partial charge in [0.25, 0.3) is 5.69 Å². The first-order valence-corrected chi connectivity index (χ1v) is 7.40. The van der Waals surface area contributed by atoms with Gasteiger partial charge >= 0.3 is 0 Å². The van der Waals surface area contributed by atoms with E-state index in [2.05, 4.69) is 10.6 Å². The van der Waals surface area contributed by atoms with Crippen LogP contribution in [0.1, 0.15) is 23.5 Å². The number of nitro benzene ring substituents is 1. The van der Waals surface area contributed by atoms with Gasteiger partial charge in [-0.1, -0.05) is 24.3 Å². The van der Waals surface area contributed by atoms with Crippen molar-refractivity contribution in [1.82, 2.24) is 0 Å². The number of nitrogens with one attached hydrogen (secondary N) is 2. The quantitative estimate of drug-likeness (QED) is 0.669. The Morgan fingerprint density at radius 2 is 2.04 bits per heavy atom. The molecule has 7 nitrogen and oxygen atoms in total. The molecule has 1 aliphatic rings. The summed E-state index contributed by atoms with van der Waals surface area (Å²) in [7, 11) is 0. The highest BCUT2D eigenvalue weighted by Crippen LogP contribution is 2.33. The maximum Gasteiger partial charge on any atom is 0.274 e. The Balaban J connectivity index is 1.87. The molecule has 1 aliphatic heterocycles. The molecule has 0 spiro atoms. The van der Waals surface area contributed by atoms with Gasteiger partial charge in [-0.2, -0.15) is 0 Å². The summed E-state index contributed by atoms with van der Waals surface area (Å²) in [5, 5.41) is 16.4. The molecule has 0 saturated carbocycles. The van der Waals surface area contributed by atoms with Gasteiger partial charge in [-0.15, -0.1) is 0 Å². The van der Waals surface area contributed by atoms with Gasteiger partial charge in [-0.05, 0) is 24.6 Å². The highest BCUT2D eigenvalue weighted by molar-refractivity contribution is 6.05. The SMILES string of the molecule is Cc1ccc(NC(=O)C2CC(=O)Nc3ccccc32)cc1[N+](=O)[O-]. The zero-order valence-corrected chi connectivity index (χ0v) is 12.9. The third-order valence-electron chi connectivity index (χ3n) is 3.99. The second-order valence-electron chi connectivity index (χ2n) is 5.64. The number of carbonyl (C=O) groups is 2.